The summed E-state index contributed by atoms with van der Waals surface area (Å²) in [7, 11) is 0. The van der Waals surface area contributed by atoms with Crippen molar-refractivity contribution < 1.29 is 23.9 Å². The van der Waals surface area contributed by atoms with Gasteiger partial charge in [0.15, 0.2) is 11.9 Å². The van der Waals surface area contributed by atoms with Crippen molar-refractivity contribution in [2.24, 2.45) is 4.99 Å². The monoisotopic (exact) mass is 295 g/mol. The van der Waals surface area contributed by atoms with Gasteiger partial charge in [0.2, 0.25) is 0 Å². The summed E-state index contributed by atoms with van der Waals surface area (Å²) in [5.41, 5.74) is 0. The molecule has 0 amide bonds. The predicted octanol–water partition coefficient (Wildman–Crippen LogP) is 1.97. The van der Waals surface area contributed by atoms with Gasteiger partial charge in [-0.25, -0.2) is 9.79 Å². The summed E-state index contributed by atoms with van der Waals surface area (Å²) < 4.78 is 9.73. The van der Waals surface area contributed by atoms with Gasteiger partial charge in [-0.2, -0.15) is 0 Å². The largest absolute Gasteiger partial charge is 0.461 e. The lowest BCUT2D eigenvalue weighted by molar-refractivity contribution is -0.146. The highest BCUT2D eigenvalue weighted by molar-refractivity contribution is 6.02. The Morgan fingerprint density at radius 3 is 2.86 bits per heavy atom. The van der Waals surface area contributed by atoms with Crippen LogP contribution in [0, 0.1) is 0 Å². The Hall–Kier alpha value is -1.98. The number of ketones is 1. The molecule has 0 fully saturated rings. The normalized spacial score (nSPS) is 17.1. The van der Waals surface area contributed by atoms with Gasteiger partial charge in [-0.05, 0) is 6.42 Å². The number of esters is 2. The van der Waals surface area contributed by atoms with Crippen molar-refractivity contribution in [3.8, 4) is 0 Å². The Morgan fingerprint density at radius 1 is 1.43 bits per heavy atom. The van der Waals surface area contributed by atoms with Crippen LogP contribution in [0.15, 0.2) is 17.6 Å². The number of ether oxygens (including phenoxy) is 2. The molecular weight excluding hydrogens is 274 g/mol. The van der Waals surface area contributed by atoms with Crippen LogP contribution in [-0.4, -0.2) is 36.3 Å². The second-order valence-electron chi connectivity index (χ2n) is 4.81. The second-order valence-corrected chi connectivity index (χ2v) is 4.81. The number of unbranched alkanes of at least 4 members (excludes halogenated alkanes) is 2. The fourth-order valence-electron chi connectivity index (χ4n) is 1.86. The van der Waals surface area contributed by atoms with Crippen molar-refractivity contribution in [2.45, 2.75) is 51.5 Å². The average Bonchev–Trinajstić information content (AvgIpc) is 2.77. The van der Waals surface area contributed by atoms with Crippen molar-refractivity contribution >= 4 is 23.6 Å². The maximum absolute atomic E-state index is 11.7. The number of carbonyl (C=O) groups excluding carboxylic acids is 3. The molecule has 0 spiro atoms. The SMILES string of the molecule is C=CCOC(=O)CC(=O)CC1N=C(CCCCC)OC1=O. The van der Waals surface area contributed by atoms with E-state index in [2.05, 4.69) is 18.5 Å². The van der Waals surface area contributed by atoms with E-state index in [0.717, 1.165) is 19.3 Å². The van der Waals surface area contributed by atoms with Crippen LogP contribution in [-0.2, 0) is 23.9 Å². The van der Waals surface area contributed by atoms with Gasteiger partial charge in [-0.3, -0.25) is 9.59 Å². The summed E-state index contributed by atoms with van der Waals surface area (Å²) in [6.45, 7) is 5.55. The molecule has 0 bridgehead atoms. The van der Waals surface area contributed by atoms with E-state index < -0.39 is 18.0 Å². The molecule has 0 aromatic heterocycles. The van der Waals surface area contributed by atoms with Crippen molar-refractivity contribution in [1.29, 1.82) is 0 Å². The molecule has 1 heterocycles. The third-order valence-electron chi connectivity index (χ3n) is 2.91. The fourth-order valence-corrected chi connectivity index (χ4v) is 1.86. The van der Waals surface area contributed by atoms with E-state index >= 15 is 0 Å². The van der Waals surface area contributed by atoms with Crippen LogP contribution in [0.5, 0.6) is 0 Å². The highest BCUT2D eigenvalue weighted by Crippen LogP contribution is 2.15. The third-order valence-corrected chi connectivity index (χ3v) is 2.91. The molecule has 1 aliphatic rings. The second kappa shape index (κ2) is 9.05. The summed E-state index contributed by atoms with van der Waals surface area (Å²) in [5.74, 6) is -1.14. The molecule has 0 saturated heterocycles. The van der Waals surface area contributed by atoms with Crippen LogP contribution >= 0.6 is 0 Å². The smallest absolute Gasteiger partial charge is 0.337 e. The molecule has 0 aromatic rings. The number of nitrogens with zero attached hydrogens (tertiary/aromatic N) is 1. The van der Waals surface area contributed by atoms with Crippen LogP contribution in [0.1, 0.15) is 45.4 Å². The number of carbonyl (C=O) groups is 3. The quantitative estimate of drug-likeness (QED) is 0.266. The minimum absolute atomic E-state index is 0.0668. The lowest BCUT2D eigenvalue weighted by Gasteiger charge is -2.03. The van der Waals surface area contributed by atoms with E-state index in [4.69, 9.17) is 9.47 Å². The molecule has 0 radical (unpaired) electrons. The highest BCUT2D eigenvalue weighted by Gasteiger charge is 2.31. The molecule has 0 N–H and O–H groups in total. The predicted molar refractivity (Wildman–Crippen MR) is 76.9 cm³/mol. The summed E-state index contributed by atoms with van der Waals surface area (Å²) in [6, 6.07) is -0.818. The summed E-state index contributed by atoms with van der Waals surface area (Å²) in [5, 5.41) is 0. The minimum atomic E-state index is -0.818. The number of aliphatic imine (C=N–C) groups is 1. The van der Waals surface area contributed by atoms with Crippen LogP contribution in [0.25, 0.3) is 0 Å². The molecule has 0 aliphatic carbocycles. The maximum Gasteiger partial charge on any atom is 0.337 e. The number of rotatable bonds is 10. The first kappa shape index (κ1) is 17.1. The van der Waals surface area contributed by atoms with Gasteiger partial charge in [0.05, 0.1) is 0 Å². The summed E-state index contributed by atoms with van der Waals surface area (Å²) in [4.78, 5) is 38.6. The molecule has 1 rings (SSSR count). The molecule has 1 aliphatic heterocycles. The standard InChI is InChI=1S/C15H21NO5/c1-3-5-6-7-13-16-12(15(19)21-13)9-11(17)10-14(18)20-8-4-2/h4,12H,2-3,5-10H2,1H3. The molecule has 0 aromatic carbocycles. The topological polar surface area (TPSA) is 82.0 Å². The Morgan fingerprint density at radius 2 is 2.19 bits per heavy atom. The van der Waals surface area contributed by atoms with E-state index in [0.29, 0.717) is 12.3 Å². The van der Waals surface area contributed by atoms with Gasteiger partial charge in [0.1, 0.15) is 18.8 Å². The van der Waals surface area contributed by atoms with Crippen molar-refractivity contribution in [2.75, 3.05) is 6.61 Å². The first-order valence-corrected chi connectivity index (χ1v) is 7.13. The number of hydrogen-bond donors (Lipinski definition) is 0. The van der Waals surface area contributed by atoms with Gasteiger partial charge < -0.3 is 9.47 Å². The molecule has 116 valence electrons. The van der Waals surface area contributed by atoms with Gasteiger partial charge in [-0.1, -0.05) is 32.4 Å². The molecule has 1 atom stereocenters. The maximum atomic E-state index is 11.7. The van der Waals surface area contributed by atoms with Gasteiger partial charge in [0, 0.05) is 12.8 Å². The van der Waals surface area contributed by atoms with Crippen molar-refractivity contribution in [1.82, 2.24) is 0 Å². The van der Waals surface area contributed by atoms with E-state index in [9.17, 15) is 14.4 Å². The van der Waals surface area contributed by atoms with Crippen LogP contribution < -0.4 is 0 Å². The van der Waals surface area contributed by atoms with Crippen molar-refractivity contribution in [3.05, 3.63) is 12.7 Å². The molecular formula is C15H21NO5. The van der Waals surface area contributed by atoms with Crippen LogP contribution in [0.4, 0.5) is 0 Å². The first-order chi connectivity index (χ1) is 10.1. The van der Waals surface area contributed by atoms with Crippen molar-refractivity contribution in [3.63, 3.8) is 0 Å². The molecule has 6 nitrogen and oxygen atoms in total. The van der Waals surface area contributed by atoms with E-state index in [1.54, 1.807) is 0 Å². The molecule has 6 heteroatoms. The Bertz CT molecular complexity index is 441. The van der Waals surface area contributed by atoms with E-state index in [-0.39, 0.29) is 25.2 Å². The lowest BCUT2D eigenvalue weighted by atomic mass is 10.1. The molecule has 21 heavy (non-hydrogen) atoms. The first-order valence-electron chi connectivity index (χ1n) is 7.13. The number of Topliss-reactive ketones (excluding diaryl/α,β-unsaturated/α-hetero) is 1. The van der Waals surface area contributed by atoms with Gasteiger partial charge in [0.25, 0.3) is 0 Å². The zero-order chi connectivity index (χ0) is 15.7. The van der Waals surface area contributed by atoms with Crippen LogP contribution in [0.2, 0.25) is 0 Å². The minimum Gasteiger partial charge on any atom is -0.461 e. The fraction of sp³-hybridized carbons (Fsp3) is 0.600. The van der Waals surface area contributed by atoms with E-state index in [1.165, 1.54) is 6.08 Å². The average molecular weight is 295 g/mol. The summed E-state index contributed by atoms with van der Waals surface area (Å²) >= 11 is 0. The Labute approximate surface area is 124 Å². The Balaban J connectivity index is 2.39. The zero-order valence-corrected chi connectivity index (χ0v) is 12.3. The Kier molecular flexibility index (Phi) is 7.36. The highest BCUT2D eigenvalue weighted by atomic mass is 16.6. The van der Waals surface area contributed by atoms with Gasteiger partial charge >= 0.3 is 11.9 Å². The number of cyclic esters (lactones) is 1. The third kappa shape index (κ3) is 6.33. The van der Waals surface area contributed by atoms with Crippen LogP contribution in [0.3, 0.4) is 0 Å². The number of hydrogen-bond acceptors (Lipinski definition) is 6. The van der Waals surface area contributed by atoms with E-state index in [1.807, 2.05) is 0 Å². The summed E-state index contributed by atoms with van der Waals surface area (Å²) in [6.07, 6.45) is 4.54. The lowest BCUT2D eigenvalue weighted by Crippen LogP contribution is -2.21. The zero-order valence-electron chi connectivity index (χ0n) is 12.3. The molecule has 0 saturated carbocycles. The van der Waals surface area contributed by atoms with Gasteiger partial charge in [-0.15, -0.1) is 0 Å². The molecule has 1 unspecified atom stereocenters.